The highest BCUT2D eigenvalue weighted by molar-refractivity contribution is 7.90. The third-order valence-electron chi connectivity index (χ3n) is 3.57. The molecular formula is C18H22N2O4S. The average molecular weight is 362 g/mol. The van der Waals surface area contributed by atoms with E-state index >= 15 is 0 Å². The van der Waals surface area contributed by atoms with Gasteiger partial charge in [-0.3, -0.25) is 4.79 Å². The molecule has 0 spiro atoms. The van der Waals surface area contributed by atoms with Crippen molar-refractivity contribution in [1.82, 2.24) is 10.3 Å². The molecule has 1 N–H and O–H groups in total. The summed E-state index contributed by atoms with van der Waals surface area (Å²) in [4.78, 5) is 16.6. The monoisotopic (exact) mass is 362 g/mol. The van der Waals surface area contributed by atoms with E-state index in [2.05, 4.69) is 17.2 Å². The average Bonchev–Trinajstić information content (AvgIpc) is 2.60. The van der Waals surface area contributed by atoms with E-state index in [0.29, 0.717) is 18.1 Å². The maximum Gasteiger partial charge on any atom is 0.251 e. The molecule has 0 atom stereocenters. The largest absolute Gasteiger partial charge is 0.477 e. The van der Waals surface area contributed by atoms with Gasteiger partial charge in [0.25, 0.3) is 5.91 Å². The van der Waals surface area contributed by atoms with Gasteiger partial charge in [-0.15, -0.1) is 0 Å². The summed E-state index contributed by atoms with van der Waals surface area (Å²) >= 11 is 0. The van der Waals surface area contributed by atoms with E-state index < -0.39 is 9.84 Å². The molecule has 1 heterocycles. The van der Waals surface area contributed by atoms with Crippen LogP contribution in [0.2, 0.25) is 0 Å². The van der Waals surface area contributed by atoms with E-state index in [-0.39, 0.29) is 17.3 Å². The number of nitrogens with zero attached hydrogens (tertiary/aromatic N) is 1. The molecule has 0 aliphatic rings. The number of benzene rings is 1. The highest BCUT2D eigenvalue weighted by Gasteiger charge is 2.11. The topological polar surface area (TPSA) is 85.4 Å². The molecule has 1 aromatic carbocycles. The van der Waals surface area contributed by atoms with Crippen LogP contribution < -0.4 is 10.1 Å². The van der Waals surface area contributed by atoms with Gasteiger partial charge in [-0.1, -0.05) is 19.4 Å². The maximum atomic E-state index is 12.2. The number of unbranched alkanes of at least 4 members (excludes halogenated alkanes) is 1. The van der Waals surface area contributed by atoms with E-state index in [9.17, 15) is 13.2 Å². The predicted octanol–water partition coefficient (Wildman–Crippen LogP) is 2.59. The van der Waals surface area contributed by atoms with Crippen LogP contribution in [0.25, 0.3) is 0 Å². The lowest BCUT2D eigenvalue weighted by molar-refractivity contribution is 0.0950. The number of ether oxygens (including phenoxy) is 1. The van der Waals surface area contributed by atoms with Crippen molar-refractivity contribution >= 4 is 15.7 Å². The molecule has 134 valence electrons. The highest BCUT2D eigenvalue weighted by atomic mass is 32.2. The number of sulfone groups is 1. The molecular weight excluding hydrogens is 340 g/mol. The number of rotatable bonds is 8. The molecule has 1 amide bonds. The zero-order valence-electron chi connectivity index (χ0n) is 14.4. The predicted molar refractivity (Wildman–Crippen MR) is 95.4 cm³/mol. The summed E-state index contributed by atoms with van der Waals surface area (Å²) in [5, 5.41) is 2.80. The summed E-state index contributed by atoms with van der Waals surface area (Å²) in [6.45, 7) is 2.95. The lowest BCUT2D eigenvalue weighted by atomic mass is 10.2. The van der Waals surface area contributed by atoms with Gasteiger partial charge in [0.05, 0.1) is 11.5 Å². The number of pyridine rings is 1. The number of nitrogens with one attached hydrogen (secondary N) is 1. The van der Waals surface area contributed by atoms with Crippen molar-refractivity contribution in [3.05, 3.63) is 53.7 Å². The smallest absolute Gasteiger partial charge is 0.251 e. The molecule has 0 unspecified atom stereocenters. The van der Waals surface area contributed by atoms with E-state index in [0.717, 1.165) is 24.7 Å². The van der Waals surface area contributed by atoms with Crippen LogP contribution in [0, 0.1) is 0 Å². The molecule has 25 heavy (non-hydrogen) atoms. The molecule has 0 radical (unpaired) electrons. The Hall–Kier alpha value is -2.41. The molecule has 0 fully saturated rings. The minimum Gasteiger partial charge on any atom is -0.477 e. The first-order valence-electron chi connectivity index (χ1n) is 8.07. The maximum absolute atomic E-state index is 12.2. The zero-order valence-corrected chi connectivity index (χ0v) is 15.2. The second kappa shape index (κ2) is 8.62. The quantitative estimate of drug-likeness (QED) is 0.730. The Morgan fingerprint density at radius 3 is 2.56 bits per heavy atom. The van der Waals surface area contributed by atoms with Crippen molar-refractivity contribution in [2.24, 2.45) is 0 Å². The second-order valence-electron chi connectivity index (χ2n) is 5.65. The lowest BCUT2D eigenvalue weighted by Crippen LogP contribution is -2.23. The van der Waals surface area contributed by atoms with Crippen LogP contribution in [0.1, 0.15) is 35.7 Å². The first-order valence-corrected chi connectivity index (χ1v) is 9.96. The Kier molecular flexibility index (Phi) is 6.52. The van der Waals surface area contributed by atoms with Crippen molar-refractivity contribution in [1.29, 1.82) is 0 Å². The Morgan fingerprint density at radius 2 is 1.92 bits per heavy atom. The van der Waals surface area contributed by atoms with Crippen molar-refractivity contribution < 1.29 is 17.9 Å². The van der Waals surface area contributed by atoms with Crippen LogP contribution in [0.4, 0.5) is 0 Å². The number of carbonyl (C=O) groups excluding carboxylic acids is 1. The third-order valence-corrected chi connectivity index (χ3v) is 4.70. The van der Waals surface area contributed by atoms with Crippen molar-refractivity contribution in [2.75, 3.05) is 12.9 Å². The number of hydrogen-bond acceptors (Lipinski definition) is 5. The van der Waals surface area contributed by atoms with Gasteiger partial charge in [0.1, 0.15) is 0 Å². The summed E-state index contributed by atoms with van der Waals surface area (Å²) in [5.74, 6) is 0.229. The van der Waals surface area contributed by atoms with Crippen LogP contribution >= 0.6 is 0 Å². The Balaban J connectivity index is 2.00. The van der Waals surface area contributed by atoms with E-state index in [1.165, 1.54) is 24.3 Å². The number of hydrogen-bond donors (Lipinski definition) is 1. The van der Waals surface area contributed by atoms with Gasteiger partial charge in [-0.05, 0) is 36.8 Å². The fraction of sp³-hybridized carbons (Fsp3) is 0.333. The minimum absolute atomic E-state index is 0.183. The standard InChI is InChI=1S/C18H22N2O4S/c1-3-4-12-24-18-15(6-5-11-19-18)13-20-17(21)14-7-9-16(10-8-14)25(2,22)23/h5-11H,3-4,12-13H2,1-2H3,(H,20,21). The second-order valence-corrected chi connectivity index (χ2v) is 7.66. The fourth-order valence-corrected chi connectivity index (χ4v) is 2.76. The van der Waals surface area contributed by atoms with Crippen LogP contribution in [-0.4, -0.2) is 32.2 Å². The van der Waals surface area contributed by atoms with Gasteiger partial charge >= 0.3 is 0 Å². The summed E-state index contributed by atoms with van der Waals surface area (Å²) in [5.41, 5.74) is 1.18. The molecule has 0 aliphatic heterocycles. The molecule has 2 rings (SSSR count). The van der Waals surface area contributed by atoms with Crippen molar-refractivity contribution in [3.63, 3.8) is 0 Å². The third kappa shape index (κ3) is 5.56. The Bertz CT molecular complexity index is 817. The molecule has 1 aromatic heterocycles. The van der Waals surface area contributed by atoms with E-state index in [1.807, 2.05) is 6.07 Å². The Labute approximate surface area is 148 Å². The van der Waals surface area contributed by atoms with Crippen molar-refractivity contribution in [3.8, 4) is 5.88 Å². The van der Waals surface area contributed by atoms with Gasteiger partial charge < -0.3 is 10.1 Å². The van der Waals surface area contributed by atoms with Gasteiger partial charge in [-0.2, -0.15) is 0 Å². The molecule has 0 bridgehead atoms. The summed E-state index contributed by atoms with van der Waals surface area (Å²) in [7, 11) is -3.27. The molecule has 0 saturated carbocycles. The van der Waals surface area contributed by atoms with Gasteiger partial charge in [0.2, 0.25) is 5.88 Å². The number of carbonyl (C=O) groups is 1. The number of amides is 1. The van der Waals surface area contributed by atoms with Gasteiger partial charge in [-0.25, -0.2) is 13.4 Å². The summed E-state index contributed by atoms with van der Waals surface area (Å²) in [6, 6.07) is 9.47. The van der Waals surface area contributed by atoms with E-state index in [1.54, 1.807) is 12.3 Å². The molecule has 0 saturated heterocycles. The molecule has 6 nitrogen and oxygen atoms in total. The normalized spacial score (nSPS) is 11.1. The lowest BCUT2D eigenvalue weighted by Gasteiger charge is -2.11. The minimum atomic E-state index is -3.27. The van der Waals surface area contributed by atoms with Gasteiger partial charge in [0, 0.05) is 30.1 Å². The van der Waals surface area contributed by atoms with Crippen LogP contribution in [-0.2, 0) is 16.4 Å². The molecule has 0 aliphatic carbocycles. The molecule has 7 heteroatoms. The summed E-state index contributed by atoms with van der Waals surface area (Å²) < 4.78 is 28.5. The fourth-order valence-electron chi connectivity index (χ4n) is 2.13. The van der Waals surface area contributed by atoms with E-state index in [4.69, 9.17) is 4.74 Å². The zero-order chi connectivity index (χ0) is 18.3. The number of aromatic nitrogens is 1. The summed E-state index contributed by atoms with van der Waals surface area (Å²) in [6.07, 6.45) is 4.75. The van der Waals surface area contributed by atoms with Crippen LogP contribution in [0.3, 0.4) is 0 Å². The SMILES string of the molecule is CCCCOc1ncccc1CNC(=O)c1ccc(S(C)(=O)=O)cc1. The Morgan fingerprint density at radius 1 is 1.20 bits per heavy atom. The van der Waals surface area contributed by atoms with Crippen LogP contribution in [0.5, 0.6) is 5.88 Å². The first kappa shape index (κ1) is 18.9. The van der Waals surface area contributed by atoms with Crippen molar-refractivity contribution in [2.45, 2.75) is 31.2 Å². The van der Waals surface area contributed by atoms with Gasteiger partial charge in [0.15, 0.2) is 9.84 Å². The van der Waals surface area contributed by atoms with Crippen LogP contribution in [0.15, 0.2) is 47.5 Å². The molecule has 2 aromatic rings. The highest BCUT2D eigenvalue weighted by Crippen LogP contribution is 2.15. The first-order chi connectivity index (χ1) is 11.9.